The largest absolute Gasteiger partial charge is 0.493 e. The van der Waals surface area contributed by atoms with Crippen molar-refractivity contribution < 1.29 is 22.6 Å². The van der Waals surface area contributed by atoms with Gasteiger partial charge in [0.2, 0.25) is 10.0 Å². The molecular weight excluding hydrogens is 284 g/mol. The lowest BCUT2D eigenvalue weighted by Crippen LogP contribution is -2.21. The van der Waals surface area contributed by atoms with Gasteiger partial charge in [-0.3, -0.25) is 0 Å². The van der Waals surface area contributed by atoms with Crippen molar-refractivity contribution in [3.8, 4) is 17.6 Å². The van der Waals surface area contributed by atoms with Crippen LogP contribution >= 0.6 is 0 Å². The van der Waals surface area contributed by atoms with E-state index in [1.165, 1.54) is 7.11 Å². The Hall–Kier alpha value is -1.82. The van der Waals surface area contributed by atoms with Crippen LogP contribution in [-0.4, -0.2) is 41.1 Å². The molecule has 1 rings (SSSR count). The summed E-state index contributed by atoms with van der Waals surface area (Å²) in [6.07, 6.45) is 0. The van der Waals surface area contributed by atoms with Crippen molar-refractivity contribution in [1.82, 2.24) is 0 Å². The van der Waals surface area contributed by atoms with Gasteiger partial charge in [0.1, 0.15) is 6.61 Å². The molecule has 8 heteroatoms. The molecule has 0 spiro atoms. The number of methoxy groups -OCH3 is 1. The second kappa shape index (κ2) is 7.69. The zero-order valence-corrected chi connectivity index (χ0v) is 11.9. The summed E-state index contributed by atoms with van der Waals surface area (Å²) < 4.78 is 36.9. The van der Waals surface area contributed by atoms with Crippen molar-refractivity contribution in [3.63, 3.8) is 0 Å². The molecule has 0 aliphatic carbocycles. The topological polar surface area (TPSA) is 112 Å². The van der Waals surface area contributed by atoms with Crippen LogP contribution in [0.5, 0.6) is 11.5 Å². The molecule has 0 aromatic heterocycles. The SMILES string of the molecule is COc1cc(C#N)ccc1OCCOCCS(N)(=O)=O. The maximum absolute atomic E-state index is 10.7. The monoisotopic (exact) mass is 300 g/mol. The Bertz CT molecular complexity index is 580. The predicted octanol–water partition coefficient (Wildman–Crippen LogP) is 0.251. The summed E-state index contributed by atoms with van der Waals surface area (Å²) in [5.41, 5.74) is 0.471. The number of ether oxygens (including phenoxy) is 3. The van der Waals surface area contributed by atoms with E-state index in [9.17, 15) is 8.42 Å². The maximum Gasteiger partial charge on any atom is 0.211 e. The van der Waals surface area contributed by atoms with E-state index in [0.717, 1.165) is 0 Å². The Morgan fingerprint density at radius 2 is 2.00 bits per heavy atom. The third-order valence-corrected chi connectivity index (χ3v) is 3.03. The molecule has 0 amide bonds. The lowest BCUT2D eigenvalue weighted by atomic mass is 10.2. The van der Waals surface area contributed by atoms with Gasteiger partial charge in [-0.1, -0.05) is 0 Å². The van der Waals surface area contributed by atoms with Gasteiger partial charge in [-0.25, -0.2) is 13.6 Å². The van der Waals surface area contributed by atoms with Gasteiger partial charge >= 0.3 is 0 Å². The van der Waals surface area contributed by atoms with Crippen molar-refractivity contribution in [2.75, 3.05) is 32.7 Å². The molecule has 7 nitrogen and oxygen atoms in total. The van der Waals surface area contributed by atoms with Gasteiger partial charge in [-0.2, -0.15) is 5.26 Å². The Kier molecular flexibility index (Phi) is 6.24. The van der Waals surface area contributed by atoms with Crippen molar-refractivity contribution in [1.29, 1.82) is 5.26 Å². The van der Waals surface area contributed by atoms with Crippen molar-refractivity contribution >= 4 is 10.0 Å². The average molecular weight is 300 g/mol. The van der Waals surface area contributed by atoms with Crippen LogP contribution in [-0.2, 0) is 14.8 Å². The highest BCUT2D eigenvalue weighted by Crippen LogP contribution is 2.27. The number of primary sulfonamides is 1. The fourth-order valence-electron chi connectivity index (χ4n) is 1.34. The first-order valence-electron chi connectivity index (χ1n) is 5.75. The van der Waals surface area contributed by atoms with Gasteiger partial charge in [-0.05, 0) is 12.1 Å². The van der Waals surface area contributed by atoms with E-state index >= 15 is 0 Å². The van der Waals surface area contributed by atoms with Gasteiger partial charge < -0.3 is 14.2 Å². The lowest BCUT2D eigenvalue weighted by Gasteiger charge is -2.10. The zero-order chi connectivity index (χ0) is 15.0. The van der Waals surface area contributed by atoms with Crippen LogP contribution in [0.1, 0.15) is 5.56 Å². The smallest absolute Gasteiger partial charge is 0.211 e. The highest BCUT2D eigenvalue weighted by Gasteiger charge is 2.06. The molecule has 20 heavy (non-hydrogen) atoms. The molecule has 0 aliphatic heterocycles. The van der Waals surface area contributed by atoms with Crippen molar-refractivity contribution in [3.05, 3.63) is 23.8 Å². The molecule has 0 heterocycles. The molecule has 0 aliphatic rings. The second-order valence-electron chi connectivity index (χ2n) is 3.81. The third kappa shape index (κ3) is 5.88. The van der Waals surface area contributed by atoms with E-state index in [1.807, 2.05) is 6.07 Å². The maximum atomic E-state index is 10.7. The first-order valence-corrected chi connectivity index (χ1v) is 7.47. The van der Waals surface area contributed by atoms with E-state index in [2.05, 4.69) is 0 Å². The van der Waals surface area contributed by atoms with Gasteiger partial charge in [0.25, 0.3) is 0 Å². The Labute approximate surface area is 117 Å². The number of rotatable bonds is 8. The van der Waals surface area contributed by atoms with Crippen LogP contribution in [0.25, 0.3) is 0 Å². The summed E-state index contributed by atoms with van der Waals surface area (Å²) in [7, 11) is -2.02. The molecule has 0 saturated carbocycles. The number of hydrogen-bond acceptors (Lipinski definition) is 6. The number of nitrogens with zero attached hydrogens (tertiary/aromatic N) is 1. The summed E-state index contributed by atoms with van der Waals surface area (Å²) in [6.45, 7) is 0.470. The summed E-state index contributed by atoms with van der Waals surface area (Å²) >= 11 is 0. The molecule has 0 fully saturated rings. The minimum Gasteiger partial charge on any atom is -0.493 e. The fourth-order valence-corrected chi connectivity index (χ4v) is 1.69. The molecule has 0 unspecified atom stereocenters. The van der Waals surface area contributed by atoms with E-state index in [4.69, 9.17) is 24.6 Å². The number of nitriles is 1. The Morgan fingerprint density at radius 1 is 1.25 bits per heavy atom. The molecular formula is C12H16N2O5S. The van der Waals surface area contributed by atoms with E-state index in [0.29, 0.717) is 17.1 Å². The van der Waals surface area contributed by atoms with E-state index in [1.54, 1.807) is 18.2 Å². The minimum absolute atomic E-state index is 0.0205. The molecule has 110 valence electrons. The van der Waals surface area contributed by atoms with Crippen LogP contribution < -0.4 is 14.6 Å². The van der Waals surface area contributed by atoms with Gasteiger partial charge in [-0.15, -0.1) is 0 Å². The van der Waals surface area contributed by atoms with Crippen LogP contribution in [0.4, 0.5) is 0 Å². The van der Waals surface area contributed by atoms with Crippen LogP contribution in [0.15, 0.2) is 18.2 Å². The average Bonchev–Trinajstić information content (AvgIpc) is 2.41. The first kappa shape index (κ1) is 16.2. The van der Waals surface area contributed by atoms with Crippen molar-refractivity contribution in [2.24, 2.45) is 5.14 Å². The number of sulfonamides is 1. The third-order valence-electron chi connectivity index (χ3n) is 2.29. The molecule has 0 bridgehead atoms. The quantitative estimate of drug-likeness (QED) is 0.689. The summed E-state index contributed by atoms with van der Waals surface area (Å²) in [5, 5.41) is 13.6. The number of hydrogen-bond donors (Lipinski definition) is 1. The minimum atomic E-state index is -3.50. The van der Waals surface area contributed by atoms with Crippen molar-refractivity contribution in [2.45, 2.75) is 0 Å². The number of nitrogens with two attached hydrogens (primary N) is 1. The van der Waals surface area contributed by atoms with Crippen LogP contribution in [0.3, 0.4) is 0 Å². The highest BCUT2D eigenvalue weighted by atomic mass is 32.2. The predicted molar refractivity (Wildman–Crippen MR) is 72.0 cm³/mol. The standard InChI is InChI=1S/C12H16N2O5S/c1-17-12-8-10(9-13)2-3-11(12)19-5-4-18-6-7-20(14,15)16/h2-3,8H,4-7H2,1H3,(H2,14,15,16). The van der Waals surface area contributed by atoms with Crippen LogP contribution in [0.2, 0.25) is 0 Å². The fraction of sp³-hybridized carbons (Fsp3) is 0.417. The normalized spacial score (nSPS) is 10.8. The second-order valence-corrected chi connectivity index (χ2v) is 5.54. The van der Waals surface area contributed by atoms with Gasteiger partial charge in [0.15, 0.2) is 11.5 Å². The molecule has 1 aromatic carbocycles. The summed E-state index contributed by atoms with van der Waals surface area (Å²) in [6, 6.07) is 6.80. The molecule has 0 radical (unpaired) electrons. The van der Waals surface area contributed by atoms with Crippen LogP contribution in [0, 0.1) is 11.3 Å². The Balaban J connectivity index is 2.37. The summed E-state index contributed by atoms with van der Waals surface area (Å²) in [5.74, 6) is 0.711. The summed E-state index contributed by atoms with van der Waals surface area (Å²) in [4.78, 5) is 0. The highest BCUT2D eigenvalue weighted by molar-refractivity contribution is 7.89. The zero-order valence-electron chi connectivity index (χ0n) is 11.0. The molecule has 1 aromatic rings. The lowest BCUT2D eigenvalue weighted by molar-refractivity contribution is 0.110. The van der Waals surface area contributed by atoms with E-state index in [-0.39, 0.29) is 25.6 Å². The van der Waals surface area contributed by atoms with E-state index < -0.39 is 10.0 Å². The molecule has 0 atom stereocenters. The molecule has 2 N–H and O–H groups in total. The number of benzene rings is 1. The van der Waals surface area contributed by atoms with Gasteiger partial charge in [0, 0.05) is 6.07 Å². The first-order chi connectivity index (χ1) is 9.46. The van der Waals surface area contributed by atoms with Gasteiger partial charge in [0.05, 0.1) is 37.7 Å². The Morgan fingerprint density at radius 3 is 2.60 bits per heavy atom. The molecule has 0 saturated heterocycles.